The maximum Gasteiger partial charge on any atom is 0.342 e. The fourth-order valence-corrected chi connectivity index (χ4v) is 5.23. The number of pyridine rings is 1. The first-order valence-corrected chi connectivity index (χ1v) is 13.4. The van der Waals surface area contributed by atoms with E-state index < -0.39 is 23.2 Å². The normalized spacial score (nSPS) is 16.2. The van der Waals surface area contributed by atoms with E-state index in [0.717, 1.165) is 16.1 Å². The first-order chi connectivity index (χ1) is 18.8. The highest BCUT2D eigenvalue weighted by atomic mass is 79.9. The van der Waals surface area contributed by atoms with E-state index in [1.807, 2.05) is 36.1 Å². The van der Waals surface area contributed by atoms with Crippen LogP contribution in [0.1, 0.15) is 22.8 Å². The molecule has 0 radical (unpaired) electrons. The third-order valence-corrected chi connectivity index (χ3v) is 7.60. The van der Waals surface area contributed by atoms with E-state index >= 15 is 4.39 Å². The van der Waals surface area contributed by atoms with Crippen molar-refractivity contribution in [2.75, 3.05) is 50.8 Å². The van der Waals surface area contributed by atoms with Gasteiger partial charge in [-0.2, -0.15) is 0 Å². The maximum atomic E-state index is 15.1. The first kappa shape index (κ1) is 26.9. The molecule has 0 atom stereocenters. The number of carboxylic acid groups (broad SMARTS) is 1. The smallest absolute Gasteiger partial charge is 0.342 e. The van der Waals surface area contributed by atoms with E-state index in [-0.39, 0.29) is 17.6 Å². The Morgan fingerprint density at radius 3 is 2.51 bits per heavy atom. The topological polar surface area (TPSA) is 101 Å². The number of aryl methyl sites for hydroxylation is 1. The quantitative estimate of drug-likeness (QED) is 0.391. The number of ether oxygens (including phenoxy) is 2. The third kappa shape index (κ3) is 5.41. The van der Waals surface area contributed by atoms with Gasteiger partial charge in [-0.15, -0.1) is 0 Å². The second kappa shape index (κ2) is 11.2. The fourth-order valence-electron chi connectivity index (χ4n) is 4.96. The van der Waals surface area contributed by atoms with Crippen LogP contribution in [0.3, 0.4) is 0 Å². The number of anilines is 1. The molecule has 0 spiro atoms. The SMILES string of the molecule is CCn1cc(C(=O)O)c(=O)c2cc(F)c(N3CCN(CCOC4=C(c5ccc(Br)cc5)C(=O)OC4)CC3)cc21. The molecule has 1 aromatic heterocycles. The number of hydrogen-bond acceptors (Lipinski definition) is 7. The Kier molecular flexibility index (Phi) is 7.72. The van der Waals surface area contributed by atoms with E-state index in [1.165, 1.54) is 6.20 Å². The molecule has 0 unspecified atom stereocenters. The van der Waals surface area contributed by atoms with Crippen LogP contribution in [0.4, 0.5) is 10.1 Å². The highest BCUT2D eigenvalue weighted by Gasteiger charge is 2.28. The van der Waals surface area contributed by atoms with E-state index in [9.17, 15) is 19.5 Å². The van der Waals surface area contributed by atoms with Crippen LogP contribution < -0.4 is 10.3 Å². The summed E-state index contributed by atoms with van der Waals surface area (Å²) in [5, 5.41) is 9.41. The Morgan fingerprint density at radius 2 is 1.85 bits per heavy atom. The standard InChI is InChI=1S/C28H27BrFN3O6/c1-2-32-15-20(27(35)36)26(34)19-13-21(30)23(14-22(19)32)33-9-7-31(8-10-33)11-12-38-24-16-39-28(37)25(24)17-3-5-18(29)6-4-17/h3-6,13-15H,2,7-12,16H2,1H3,(H,35,36). The lowest BCUT2D eigenvalue weighted by molar-refractivity contribution is -0.134. The summed E-state index contributed by atoms with van der Waals surface area (Å²) < 4.78 is 28.9. The number of carbonyl (C=O) groups excluding carboxylic acids is 1. The molecule has 1 fully saturated rings. The van der Waals surface area contributed by atoms with Gasteiger partial charge in [0.25, 0.3) is 0 Å². The zero-order valence-corrected chi connectivity index (χ0v) is 22.9. The highest BCUT2D eigenvalue weighted by molar-refractivity contribution is 9.10. The van der Waals surface area contributed by atoms with Crippen molar-refractivity contribution in [2.24, 2.45) is 0 Å². The molecule has 11 heteroatoms. The molecule has 9 nitrogen and oxygen atoms in total. The van der Waals surface area contributed by atoms with E-state index in [0.29, 0.717) is 68.4 Å². The summed E-state index contributed by atoms with van der Waals surface area (Å²) >= 11 is 3.39. The molecule has 0 aliphatic carbocycles. The van der Waals surface area contributed by atoms with E-state index in [1.54, 1.807) is 10.6 Å². The molecule has 3 aromatic rings. The summed E-state index contributed by atoms with van der Waals surface area (Å²) in [6.45, 7) is 5.88. The number of cyclic esters (lactones) is 1. The molecule has 39 heavy (non-hydrogen) atoms. The van der Waals surface area contributed by atoms with Crippen molar-refractivity contribution in [1.82, 2.24) is 9.47 Å². The van der Waals surface area contributed by atoms with Crippen LogP contribution in [0.5, 0.6) is 0 Å². The zero-order chi connectivity index (χ0) is 27.7. The number of nitrogens with zero attached hydrogens (tertiary/aromatic N) is 3. The molecular weight excluding hydrogens is 573 g/mol. The molecule has 5 rings (SSSR count). The van der Waals surface area contributed by atoms with Crippen LogP contribution in [0.2, 0.25) is 0 Å². The van der Waals surface area contributed by atoms with Gasteiger partial charge in [0.05, 0.1) is 11.2 Å². The number of carboxylic acids is 1. The number of esters is 1. The number of fused-ring (bicyclic) bond motifs is 1. The third-order valence-electron chi connectivity index (χ3n) is 7.07. The lowest BCUT2D eigenvalue weighted by atomic mass is 10.1. The number of carbonyl (C=O) groups is 2. The van der Waals surface area contributed by atoms with Crippen LogP contribution in [-0.4, -0.2) is 72.4 Å². The summed E-state index contributed by atoms with van der Waals surface area (Å²) in [6, 6.07) is 10.2. The summed E-state index contributed by atoms with van der Waals surface area (Å²) in [5.41, 5.74) is 1.01. The zero-order valence-electron chi connectivity index (χ0n) is 21.3. The van der Waals surface area contributed by atoms with Crippen molar-refractivity contribution in [3.8, 4) is 0 Å². The van der Waals surface area contributed by atoms with E-state index in [2.05, 4.69) is 20.8 Å². The molecule has 0 bridgehead atoms. The number of piperazine rings is 1. The van der Waals surface area contributed by atoms with Gasteiger partial charge in [-0.25, -0.2) is 14.0 Å². The fraction of sp³-hybridized carbons (Fsp3) is 0.321. The minimum Gasteiger partial charge on any atom is -0.492 e. The largest absolute Gasteiger partial charge is 0.492 e. The number of aromatic nitrogens is 1. The number of benzene rings is 2. The second-order valence-corrected chi connectivity index (χ2v) is 10.3. The molecule has 3 heterocycles. The lowest BCUT2D eigenvalue weighted by Gasteiger charge is -2.36. The van der Waals surface area contributed by atoms with Crippen LogP contribution in [0.15, 0.2) is 57.6 Å². The number of hydrogen-bond donors (Lipinski definition) is 1. The van der Waals surface area contributed by atoms with Gasteiger partial charge in [-0.05, 0) is 36.8 Å². The van der Waals surface area contributed by atoms with Crippen molar-refractivity contribution >= 4 is 50.0 Å². The van der Waals surface area contributed by atoms with Crippen molar-refractivity contribution in [3.63, 3.8) is 0 Å². The van der Waals surface area contributed by atoms with Gasteiger partial charge < -0.3 is 24.0 Å². The van der Waals surface area contributed by atoms with Crippen LogP contribution in [0.25, 0.3) is 16.5 Å². The molecule has 0 saturated carbocycles. The van der Waals surface area contributed by atoms with Crippen LogP contribution >= 0.6 is 15.9 Å². The Balaban J connectivity index is 1.24. The Morgan fingerprint density at radius 1 is 1.13 bits per heavy atom. The number of halogens is 2. The van der Waals surface area contributed by atoms with Gasteiger partial charge in [0.2, 0.25) is 5.43 Å². The highest BCUT2D eigenvalue weighted by Crippen LogP contribution is 2.29. The lowest BCUT2D eigenvalue weighted by Crippen LogP contribution is -2.47. The van der Waals surface area contributed by atoms with Crippen molar-refractivity contribution < 1.29 is 28.6 Å². The van der Waals surface area contributed by atoms with Gasteiger partial charge >= 0.3 is 11.9 Å². The summed E-state index contributed by atoms with van der Waals surface area (Å²) in [6.07, 6.45) is 1.31. The second-order valence-electron chi connectivity index (χ2n) is 9.34. The molecule has 2 aliphatic rings. The van der Waals surface area contributed by atoms with Gasteiger partial charge in [-0.3, -0.25) is 9.69 Å². The monoisotopic (exact) mass is 599 g/mol. The molecule has 0 amide bonds. The average molecular weight is 600 g/mol. The minimum atomic E-state index is -1.33. The average Bonchev–Trinajstić information content (AvgIpc) is 3.29. The van der Waals surface area contributed by atoms with Crippen LogP contribution in [-0.2, 0) is 20.8 Å². The Hall–Kier alpha value is -3.70. The molecule has 1 saturated heterocycles. The number of rotatable bonds is 8. The molecule has 1 N–H and O–H groups in total. The van der Waals surface area contributed by atoms with Gasteiger partial charge in [0.1, 0.15) is 35.9 Å². The van der Waals surface area contributed by atoms with E-state index in [4.69, 9.17) is 9.47 Å². The van der Waals surface area contributed by atoms with Crippen molar-refractivity contribution in [2.45, 2.75) is 13.5 Å². The van der Waals surface area contributed by atoms with Crippen LogP contribution in [0, 0.1) is 5.82 Å². The van der Waals surface area contributed by atoms with Crippen molar-refractivity contribution in [1.29, 1.82) is 0 Å². The molecule has 204 valence electrons. The van der Waals surface area contributed by atoms with Crippen molar-refractivity contribution in [3.05, 3.63) is 80.0 Å². The molecule has 2 aromatic carbocycles. The summed E-state index contributed by atoms with van der Waals surface area (Å²) in [5.74, 6) is -1.76. The van der Waals surface area contributed by atoms with Gasteiger partial charge in [0.15, 0.2) is 0 Å². The molecular formula is C28H27BrFN3O6. The van der Waals surface area contributed by atoms with Gasteiger partial charge in [-0.1, -0.05) is 28.1 Å². The predicted molar refractivity (Wildman–Crippen MR) is 147 cm³/mol. The first-order valence-electron chi connectivity index (χ1n) is 12.6. The van der Waals surface area contributed by atoms with Gasteiger partial charge in [0, 0.05) is 55.3 Å². The summed E-state index contributed by atoms with van der Waals surface area (Å²) in [4.78, 5) is 40.5. The maximum absolute atomic E-state index is 15.1. The predicted octanol–water partition coefficient (Wildman–Crippen LogP) is 3.73. The molecule has 2 aliphatic heterocycles. The summed E-state index contributed by atoms with van der Waals surface area (Å²) in [7, 11) is 0. The minimum absolute atomic E-state index is 0.0555. The Bertz CT molecular complexity index is 1530. The number of aromatic carboxylic acids is 1. The Labute approximate surface area is 232 Å².